The van der Waals surface area contributed by atoms with Gasteiger partial charge in [0.15, 0.2) is 5.84 Å². The van der Waals surface area contributed by atoms with Crippen LogP contribution in [0, 0.1) is 0 Å². The lowest BCUT2D eigenvalue weighted by atomic mass is 10.2. The zero-order valence-corrected chi connectivity index (χ0v) is 14.5. The maximum absolute atomic E-state index is 9.05. The van der Waals surface area contributed by atoms with Crippen molar-refractivity contribution in [2.24, 2.45) is 10.9 Å². The predicted octanol–water partition coefficient (Wildman–Crippen LogP) is 4.20. The van der Waals surface area contributed by atoms with Crippen LogP contribution in [0.2, 0.25) is 0 Å². The Morgan fingerprint density at radius 1 is 1.33 bits per heavy atom. The Kier molecular flexibility index (Phi) is 5.96. The van der Waals surface area contributed by atoms with Crippen LogP contribution < -0.4 is 5.73 Å². The third-order valence-electron chi connectivity index (χ3n) is 2.58. The second-order valence-electron chi connectivity index (χ2n) is 3.94. The van der Waals surface area contributed by atoms with E-state index in [-0.39, 0.29) is 5.84 Å². The van der Waals surface area contributed by atoms with Crippen LogP contribution >= 0.6 is 39.5 Å². The molecule has 0 aliphatic carbocycles. The number of hydrogen-bond acceptors (Lipinski definition) is 5. The van der Waals surface area contributed by atoms with Gasteiger partial charge in [0.05, 0.1) is 4.47 Å². The molecular formula is C14H14BrN3OS2. The van der Waals surface area contributed by atoms with Gasteiger partial charge in [0, 0.05) is 21.6 Å². The van der Waals surface area contributed by atoms with E-state index < -0.39 is 0 Å². The molecule has 0 bridgehead atoms. The Morgan fingerprint density at radius 3 is 2.76 bits per heavy atom. The Hall–Kier alpha value is -1.18. The highest BCUT2D eigenvalue weighted by atomic mass is 79.9. The molecule has 21 heavy (non-hydrogen) atoms. The largest absolute Gasteiger partial charge is 0.409 e. The molecular weight excluding hydrogens is 370 g/mol. The van der Waals surface area contributed by atoms with Gasteiger partial charge < -0.3 is 10.9 Å². The maximum atomic E-state index is 9.05. The number of nitrogens with zero attached hydrogens (tertiary/aromatic N) is 2. The van der Waals surface area contributed by atoms with Crippen molar-refractivity contribution in [1.29, 1.82) is 0 Å². The molecule has 110 valence electrons. The van der Waals surface area contributed by atoms with Crippen LogP contribution in [0.3, 0.4) is 0 Å². The number of amidine groups is 1. The van der Waals surface area contributed by atoms with Crippen LogP contribution in [0.25, 0.3) is 0 Å². The summed E-state index contributed by atoms with van der Waals surface area (Å²) >= 11 is 6.62. The number of nitrogens with two attached hydrogens (primary N) is 1. The smallest absolute Gasteiger partial charge is 0.172 e. The van der Waals surface area contributed by atoms with Crippen LogP contribution in [0.1, 0.15) is 12.5 Å². The van der Waals surface area contributed by atoms with Crippen molar-refractivity contribution in [3.05, 3.63) is 46.6 Å². The Balaban J connectivity index is 2.48. The Bertz CT molecular complexity index is 664. The van der Waals surface area contributed by atoms with Crippen molar-refractivity contribution >= 4 is 45.3 Å². The molecule has 4 nitrogen and oxygen atoms in total. The fourth-order valence-electron chi connectivity index (χ4n) is 1.72. The van der Waals surface area contributed by atoms with Crippen molar-refractivity contribution in [1.82, 2.24) is 4.98 Å². The number of hydrogen-bond donors (Lipinski definition) is 2. The van der Waals surface area contributed by atoms with Gasteiger partial charge in [-0.1, -0.05) is 29.9 Å². The first-order valence-electron chi connectivity index (χ1n) is 6.19. The first kappa shape index (κ1) is 16.2. The van der Waals surface area contributed by atoms with Gasteiger partial charge in [0.2, 0.25) is 0 Å². The summed E-state index contributed by atoms with van der Waals surface area (Å²) in [4.78, 5) is 6.24. The highest BCUT2D eigenvalue weighted by Gasteiger charge is 2.15. The summed E-state index contributed by atoms with van der Waals surface area (Å²) in [6.07, 6.45) is 1.74. The lowest BCUT2D eigenvalue weighted by Gasteiger charge is -2.12. The second kappa shape index (κ2) is 7.72. The van der Waals surface area contributed by atoms with Crippen LogP contribution in [-0.4, -0.2) is 21.8 Å². The Labute approximate surface area is 140 Å². The third-order valence-corrected chi connectivity index (χ3v) is 5.50. The predicted molar refractivity (Wildman–Crippen MR) is 91.4 cm³/mol. The van der Waals surface area contributed by atoms with Gasteiger partial charge in [-0.05, 0) is 45.9 Å². The summed E-state index contributed by atoms with van der Waals surface area (Å²) in [5.41, 5.74) is 6.60. The number of benzene rings is 1. The van der Waals surface area contributed by atoms with E-state index in [0.717, 1.165) is 30.6 Å². The topological polar surface area (TPSA) is 71.5 Å². The highest BCUT2D eigenvalue weighted by Crippen LogP contribution is 2.37. The molecule has 0 unspecified atom stereocenters. The van der Waals surface area contributed by atoms with Crippen molar-refractivity contribution < 1.29 is 5.21 Å². The minimum absolute atomic E-state index is 0.112. The van der Waals surface area contributed by atoms with E-state index in [2.05, 4.69) is 33.0 Å². The molecule has 1 heterocycles. The van der Waals surface area contributed by atoms with Crippen molar-refractivity contribution in [3.8, 4) is 0 Å². The van der Waals surface area contributed by atoms with Crippen LogP contribution in [0.5, 0.6) is 0 Å². The van der Waals surface area contributed by atoms with E-state index in [1.165, 1.54) is 11.8 Å². The fraction of sp³-hybridized carbons (Fsp3) is 0.143. The maximum Gasteiger partial charge on any atom is 0.172 e. The molecule has 0 amide bonds. The summed E-state index contributed by atoms with van der Waals surface area (Å²) in [7, 11) is 0. The van der Waals surface area contributed by atoms with Gasteiger partial charge in [-0.3, -0.25) is 0 Å². The van der Waals surface area contributed by atoms with Gasteiger partial charge in [-0.25, -0.2) is 4.98 Å². The fourth-order valence-corrected chi connectivity index (χ4v) is 4.08. The molecule has 0 aliphatic rings. The standard InChI is InChI=1S/C14H14BrN3OS2/c1-2-20-10-6-3-7-11(12(10)13(16)18-19)21-14-9(15)5-4-8-17-14/h3-8,19H,2H2,1H3,(H2,16,18). The molecule has 2 aromatic rings. The molecule has 0 saturated carbocycles. The van der Waals surface area contributed by atoms with Crippen LogP contribution in [0.15, 0.2) is 61.0 Å². The number of pyridine rings is 1. The van der Waals surface area contributed by atoms with Gasteiger partial charge in [-0.2, -0.15) is 0 Å². The van der Waals surface area contributed by atoms with E-state index >= 15 is 0 Å². The quantitative estimate of drug-likeness (QED) is 0.266. The third kappa shape index (κ3) is 3.93. The van der Waals surface area contributed by atoms with Crippen LogP contribution in [0.4, 0.5) is 0 Å². The lowest BCUT2D eigenvalue weighted by Crippen LogP contribution is -2.15. The number of oxime groups is 1. The van der Waals surface area contributed by atoms with E-state index in [9.17, 15) is 0 Å². The van der Waals surface area contributed by atoms with Gasteiger partial charge in [0.1, 0.15) is 5.03 Å². The van der Waals surface area contributed by atoms with Gasteiger partial charge in [0.25, 0.3) is 0 Å². The number of aromatic nitrogens is 1. The lowest BCUT2D eigenvalue weighted by molar-refractivity contribution is 0.318. The molecule has 7 heteroatoms. The summed E-state index contributed by atoms with van der Waals surface area (Å²) < 4.78 is 0.911. The first-order valence-corrected chi connectivity index (χ1v) is 8.79. The summed E-state index contributed by atoms with van der Waals surface area (Å²) in [5.74, 6) is 1.02. The average molecular weight is 384 g/mol. The summed E-state index contributed by atoms with van der Waals surface area (Å²) in [6.45, 7) is 2.07. The van der Waals surface area contributed by atoms with Crippen molar-refractivity contribution in [3.63, 3.8) is 0 Å². The monoisotopic (exact) mass is 383 g/mol. The Morgan fingerprint density at radius 2 is 2.10 bits per heavy atom. The average Bonchev–Trinajstić information content (AvgIpc) is 2.49. The highest BCUT2D eigenvalue weighted by molar-refractivity contribution is 9.10. The minimum Gasteiger partial charge on any atom is -0.409 e. The van der Waals surface area contributed by atoms with Crippen molar-refractivity contribution in [2.75, 3.05) is 5.75 Å². The second-order valence-corrected chi connectivity index (χ2v) is 7.13. The summed E-state index contributed by atoms with van der Waals surface area (Å²) in [5, 5.41) is 13.0. The number of thioether (sulfide) groups is 1. The summed E-state index contributed by atoms with van der Waals surface area (Å²) in [6, 6.07) is 9.67. The normalized spacial score (nSPS) is 11.6. The molecule has 1 aromatic heterocycles. The zero-order chi connectivity index (χ0) is 15.2. The van der Waals surface area contributed by atoms with E-state index in [4.69, 9.17) is 10.9 Å². The molecule has 0 radical (unpaired) electrons. The first-order chi connectivity index (χ1) is 10.2. The minimum atomic E-state index is 0.112. The molecule has 0 fully saturated rings. The van der Waals surface area contributed by atoms with Crippen LogP contribution in [-0.2, 0) is 0 Å². The van der Waals surface area contributed by atoms with E-state index in [1.54, 1.807) is 18.0 Å². The number of rotatable bonds is 5. The molecule has 3 N–H and O–H groups in total. The molecule has 0 saturated heterocycles. The molecule has 0 spiro atoms. The molecule has 0 aliphatic heterocycles. The SMILES string of the molecule is CCSc1cccc(Sc2ncccc2Br)c1/C(N)=N/O. The molecule has 2 rings (SSSR count). The molecule has 0 atom stereocenters. The molecule has 1 aromatic carbocycles. The van der Waals surface area contributed by atoms with Crippen molar-refractivity contribution in [2.45, 2.75) is 21.7 Å². The number of halogens is 1. The van der Waals surface area contributed by atoms with E-state index in [1.807, 2.05) is 30.3 Å². The van der Waals surface area contributed by atoms with Gasteiger partial charge in [-0.15, -0.1) is 11.8 Å². The van der Waals surface area contributed by atoms with E-state index in [0.29, 0.717) is 0 Å². The zero-order valence-electron chi connectivity index (χ0n) is 11.3. The van der Waals surface area contributed by atoms with Gasteiger partial charge >= 0.3 is 0 Å².